The summed E-state index contributed by atoms with van der Waals surface area (Å²) in [6, 6.07) is 112. The van der Waals surface area contributed by atoms with Crippen LogP contribution in [0.3, 0.4) is 0 Å². The normalized spacial score (nSPS) is 11.5. The zero-order valence-electron chi connectivity index (χ0n) is 75.7. The Balaban J connectivity index is 0.000000118. The fourth-order valence-corrected chi connectivity index (χ4v) is 21.2. The second kappa shape index (κ2) is 32.3. The van der Waals surface area contributed by atoms with E-state index in [9.17, 15) is 30.2 Å². The maximum Gasteiger partial charge on any atom is 0.264 e. The van der Waals surface area contributed by atoms with Crippen LogP contribution in [-0.4, -0.2) is 28.2 Å². The van der Waals surface area contributed by atoms with Gasteiger partial charge in [-0.3, -0.25) is 27.6 Å². The lowest BCUT2D eigenvalue weighted by Crippen LogP contribution is -2.14. The van der Waals surface area contributed by atoms with E-state index in [2.05, 4.69) is 268 Å². The zero-order valence-corrected chi connectivity index (χ0v) is 75.7. The van der Waals surface area contributed by atoms with Crippen LogP contribution in [0.1, 0.15) is 72.3 Å². The van der Waals surface area contributed by atoms with Crippen LogP contribution in [0.5, 0.6) is 0 Å². The molecule has 0 unspecified atom stereocenters. The van der Waals surface area contributed by atoms with Gasteiger partial charge in [0.25, 0.3) is 16.7 Å². The van der Waals surface area contributed by atoms with Gasteiger partial charge in [-0.15, -0.1) is 0 Å². The second-order valence-electron chi connectivity index (χ2n) is 35.6. The van der Waals surface area contributed by atoms with Crippen LogP contribution in [0.15, 0.2) is 330 Å². The number of fused-ring (bicyclic) bond motifs is 12. The number of hydrogen-bond acceptors (Lipinski definition) is 9. The largest absolute Gasteiger partial charge is 0.268 e. The number of hydrogen-bond donors (Lipinski definition) is 0. The first kappa shape index (κ1) is 82.8. The number of rotatable bonds is 9. The minimum absolute atomic E-state index is 0.132. The smallest absolute Gasteiger partial charge is 0.264 e. The second-order valence-corrected chi connectivity index (χ2v) is 35.6. The molecule has 0 saturated carbocycles. The van der Waals surface area contributed by atoms with Gasteiger partial charge in [0.15, 0.2) is 5.69 Å². The third-order valence-corrected chi connectivity index (χ3v) is 27.4. The zero-order chi connectivity index (χ0) is 92.8. The van der Waals surface area contributed by atoms with E-state index in [1.807, 2.05) is 115 Å². The summed E-state index contributed by atoms with van der Waals surface area (Å²) in [6.07, 6.45) is 0. The Morgan fingerprint density at radius 3 is 1.09 bits per heavy atom. The van der Waals surface area contributed by atoms with Crippen molar-refractivity contribution in [2.45, 2.75) is 69.2 Å². The topological polar surface area (TPSA) is 179 Å². The number of nitrogens with zero attached hydrogens (tertiary/aromatic N) is 10. The van der Waals surface area contributed by atoms with Gasteiger partial charge in [0.2, 0.25) is 0 Å². The van der Waals surface area contributed by atoms with E-state index in [-0.39, 0.29) is 16.7 Å². The number of imidazole rings is 3. The Kier molecular flexibility index (Phi) is 19.8. The number of pyridine rings is 3. The summed E-state index contributed by atoms with van der Waals surface area (Å²) in [7, 11) is 0. The van der Waals surface area contributed by atoms with Crippen molar-refractivity contribution in [3.8, 4) is 118 Å². The Morgan fingerprint density at radius 2 is 0.630 bits per heavy atom. The van der Waals surface area contributed by atoms with Crippen molar-refractivity contribution in [1.82, 2.24) is 28.2 Å². The fourth-order valence-electron chi connectivity index (χ4n) is 21.2. The molecular weight excluding hydrogens is 1650 g/mol. The van der Waals surface area contributed by atoms with Crippen molar-refractivity contribution in [2.75, 3.05) is 0 Å². The van der Waals surface area contributed by atoms with Crippen LogP contribution < -0.4 is 16.7 Å². The summed E-state index contributed by atoms with van der Waals surface area (Å²) in [5.74, 6) is 0. The average molecular weight is 1740 g/mol. The highest BCUT2D eigenvalue weighted by molar-refractivity contribution is 6.26. The lowest BCUT2D eigenvalue weighted by atomic mass is 9.89. The molecule has 0 aliphatic rings. The molecule has 0 N–H and O–H groups in total. The standard InChI is InChI=1S/2C42H31N3O.C38H20N4O/c1-23-12-14-28(15-13-23)31-18-19-33-39-32(17-16-29(22-43)38(31)39)41-44-40-34(37-26(4)10-7-11-27(37)5)20-30(21-35(40)45(41)42(33)46)36-24(2)8-6-9-25(36)3;1-23-12-14-28(15-13-23)31-18-19-33-39-32(17-16-29(22-43)38(31)39)41-44-35-21-30(36-24(2)8-6-9-25(36)3)20-34(40(35)45(41)42(33)46)37-26(4)10-7-11-27(37)5;1-40-32-19-18-30-34-29(17-16-28(35(32)34)26-14-12-23(22-39)13-15-26)37-41-33-21-27(24-8-4-2-5-9-24)20-31(25-10-6-3-7-11-25)36(33)42(37)38(30)43/h2*6-21H,1-5H3;2-21H. The molecule has 0 spiro atoms. The van der Waals surface area contributed by atoms with Crippen molar-refractivity contribution in [3.63, 3.8) is 0 Å². The van der Waals surface area contributed by atoms with Crippen molar-refractivity contribution in [1.29, 1.82) is 15.8 Å². The van der Waals surface area contributed by atoms with Gasteiger partial charge in [0.1, 0.15) is 16.9 Å². The van der Waals surface area contributed by atoms with Crippen LogP contribution in [0.2, 0.25) is 0 Å². The number of nitriles is 3. The number of benzene rings is 18. The van der Waals surface area contributed by atoms with Crippen LogP contribution in [0, 0.1) is 110 Å². The quantitative estimate of drug-likeness (QED) is 0.127. The molecule has 0 atom stereocenters. The van der Waals surface area contributed by atoms with Crippen molar-refractivity contribution in [2.24, 2.45) is 0 Å². The summed E-state index contributed by atoms with van der Waals surface area (Å²) in [6.45, 7) is 29.1. The molecule has 135 heavy (non-hydrogen) atoms. The van der Waals surface area contributed by atoms with E-state index < -0.39 is 0 Å². The molecule has 24 rings (SSSR count). The van der Waals surface area contributed by atoms with Crippen molar-refractivity contribution >= 4 is 120 Å². The molecule has 13 nitrogen and oxygen atoms in total. The van der Waals surface area contributed by atoms with E-state index in [4.69, 9.17) is 21.5 Å². The van der Waals surface area contributed by atoms with Gasteiger partial charge in [-0.2, -0.15) is 15.8 Å². The van der Waals surface area contributed by atoms with E-state index in [0.717, 1.165) is 204 Å². The number of aryl methyl sites for hydroxylation is 10. The maximum absolute atomic E-state index is 14.7. The Labute approximate surface area is 777 Å². The van der Waals surface area contributed by atoms with Crippen LogP contribution in [-0.2, 0) is 0 Å². The summed E-state index contributed by atoms with van der Waals surface area (Å²) < 4.78 is 5.33. The van der Waals surface area contributed by atoms with Crippen LogP contribution in [0.25, 0.3) is 220 Å². The van der Waals surface area contributed by atoms with Gasteiger partial charge in [-0.25, -0.2) is 19.8 Å². The maximum atomic E-state index is 14.7. The monoisotopic (exact) mass is 1730 g/mol. The van der Waals surface area contributed by atoms with Crippen LogP contribution in [0.4, 0.5) is 5.69 Å². The Morgan fingerprint density at radius 1 is 0.274 bits per heavy atom. The predicted molar refractivity (Wildman–Crippen MR) is 552 cm³/mol. The minimum atomic E-state index is -0.173. The van der Waals surface area contributed by atoms with Gasteiger partial charge in [-0.1, -0.05) is 242 Å². The third kappa shape index (κ3) is 13.2. The lowest BCUT2D eigenvalue weighted by molar-refractivity contribution is 1.19. The molecule has 0 aliphatic heterocycles. The molecule has 0 radical (unpaired) electrons. The van der Waals surface area contributed by atoms with E-state index in [1.165, 1.54) is 33.4 Å². The van der Waals surface area contributed by atoms with E-state index in [1.54, 1.807) is 37.5 Å². The minimum Gasteiger partial charge on any atom is -0.268 e. The first-order valence-electron chi connectivity index (χ1n) is 45.0. The fraction of sp³-hybridized carbons (Fsp3) is 0.0820. The van der Waals surface area contributed by atoms with Crippen LogP contribution >= 0.6 is 0 Å². The molecule has 18 aromatic carbocycles. The Bertz CT molecular complexity index is 9380. The molecule has 0 fully saturated rings. The molecule has 638 valence electrons. The first-order chi connectivity index (χ1) is 65.7. The van der Waals surface area contributed by atoms with Crippen molar-refractivity contribution < 1.29 is 0 Å². The molecule has 6 heterocycles. The molecule has 13 heteroatoms. The molecule has 0 saturated heterocycles. The molecular formula is C122H82N10O3. The van der Waals surface area contributed by atoms with Gasteiger partial charge >= 0.3 is 0 Å². The predicted octanol–water partition coefficient (Wildman–Crippen LogP) is 29.0. The molecule has 0 aliphatic carbocycles. The highest BCUT2D eigenvalue weighted by atomic mass is 16.1. The average Bonchev–Trinajstić information content (AvgIpc) is 1.60. The van der Waals surface area contributed by atoms with E-state index >= 15 is 0 Å². The summed E-state index contributed by atoms with van der Waals surface area (Å²) in [5, 5.41) is 38.6. The highest BCUT2D eigenvalue weighted by Gasteiger charge is 2.30. The summed E-state index contributed by atoms with van der Waals surface area (Å²) in [5.41, 5.74) is 38.1. The molecule has 0 bridgehead atoms. The highest BCUT2D eigenvalue weighted by Crippen LogP contribution is 2.49. The number of aromatic nitrogens is 6. The lowest BCUT2D eigenvalue weighted by Gasteiger charge is -2.16. The third-order valence-electron chi connectivity index (χ3n) is 27.4. The van der Waals surface area contributed by atoms with Gasteiger partial charge in [0, 0.05) is 70.6 Å². The van der Waals surface area contributed by atoms with Gasteiger partial charge in [0.05, 0.1) is 74.6 Å². The summed E-state index contributed by atoms with van der Waals surface area (Å²) >= 11 is 0. The van der Waals surface area contributed by atoms with Gasteiger partial charge in [-0.05, 0) is 293 Å². The molecule has 0 amide bonds. The van der Waals surface area contributed by atoms with Crippen molar-refractivity contribution in [3.05, 3.63) is 430 Å². The first-order valence-corrected chi connectivity index (χ1v) is 45.0. The molecule has 24 aromatic rings. The van der Waals surface area contributed by atoms with E-state index in [0.29, 0.717) is 55.5 Å². The SMILES string of the molecule is Cc1ccc(-c2ccc3c(=O)n4c(nc5cc(-c6c(C)cccc6C)cc(-c6c(C)cccc6C)c54)c4ccc(C#N)c2c34)cc1.Cc1ccc(-c2ccc3c(=O)n4c5cc(-c6c(C)cccc6C)cc(-c6c(C)cccc6C)c5nc4c4ccc(C#N)c2c34)cc1.[C-]#[N+]c1ccc2c(=O)n3c(nc4cc(-c5ccccc5)cc(-c5ccccc5)c43)c3ccc(-c4ccc(C#N)cc4)c1c23. The summed E-state index contributed by atoms with van der Waals surface area (Å²) in [4.78, 5) is 63.3. The Hall–Kier alpha value is -17.9. The van der Waals surface area contributed by atoms with Gasteiger partial charge < -0.3 is 0 Å². The molecule has 6 aromatic heterocycles.